The van der Waals surface area contributed by atoms with Gasteiger partial charge in [-0.2, -0.15) is 0 Å². The maximum atomic E-state index is 13.5. The first-order valence-corrected chi connectivity index (χ1v) is 18.2. The van der Waals surface area contributed by atoms with Crippen LogP contribution in [0.1, 0.15) is 11.3 Å². The Labute approximate surface area is 341 Å². The van der Waals surface area contributed by atoms with E-state index in [0.717, 1.165) is 6.26 Å². The number of nitrogens with one attached hydrogen (secondary N) is 2. The molecule has 2 heterocycles. The second-order valence-electron chi connectivity index (χ2n) is 10.6. The zero-order valence-corrected chi connectivity index (χ0v) is 34.0. The molecule has 258 valence electrons. The number of benzene rings is 3. The van der Waals surface area contributed by atoms with Gasteiger partial charge in [-0.15, -0.1) is 0 Å². The quantitative estimate of drug-likeness (QED) is 0.0750. The normalized spacial score (nSPS) is 11.9. The Morgan fingerprint density at radius 1 is 1.06 bits per heavy atom. The number of hydrogen-bond donors (Lipinski definition) is 2. The molecule has 14 nitrogen and oxygen atoms in total. The number of halogens is 2. The molecule has 1 unspecified atom stereocenters. The molecule has 0 saturated heterocycles. The van der Waals surface area contributed by atoms with Crippen LogP contribution in [-0.2, 0) is 36.7 Å². The van der Waals surface area contributed by atoms with E-state index in [1.165, 1.54) is 24.5 Å². The van der Waals surface area contributed by atoms with E-state index < -0.39 is 36.5 Å². The van der Waals surface area contributed by atoms with Gasteiger partial charge < -0.3 is 43.4 Å². The number of anilines is 2. The van der Waals surface area contributed by atoms with Crippen LogP contribution >= 0.6 is 19.4 Å². The second kappa shape index (κ2) is 19.0. The van der Waals surface area contributed by atoms with Crippen molar-refractivity contribution < 1.29 is 109 Å². The van der Waals surface area contributed by atoms with Crippen LogP contribution in [-0.4, -0.2) is 49.3 Å². The number of rotatable bonds is 14. The molecule has 20 heteroatoms. The molecular formula is C31H27ClFN4Na2O10PS. The van der Waals surface area contributed by atoms with Gasteiger partial charge in [0.15, 0.2) is 0 Å². The second-order valence-corrected chi connectivity index (χ2v) is 14.3. The molecule has 0 aliphatic rings. The zero-order valence-electron chi connectivity index (χ0n) is 27.5. The molecule has 0 fully saturated rings. The van der Waals surface area contributed by atoms with Crippen LogP contribution in [0.15, 0.2) is 83.5 Å². The SMILES string of the molecule is CS(=O)(=O)CCNC(=O)OC(Cc1ccc(-c2ccc3ncnc(Nc4ccc(OCc5cccc(F)c5)c(Cl)c4)c3c2)o1)OP(=O)([O-])[O-].[Na+].[Na+]. The molecule has 0 saturated carbocycles. The van der Waals surface area contributed by atoms with Gasteiger partial charge in [-0.1, -0.05) is 23.7 Å². The number of phosphoric ester groups is 1. The Hall–Kier alpha value is -2.57. The van der Waals surface area contributed by atoms with E-state index in [4.69, 9.17) is 25.5 Å². The predicted molar refractivity (Wildman–Crippen MR) is 173 cm³/mol. The third-order valence-corrected chi connectivity index (χ3v) is 8.39. The average Bonchev–Trinajstić information content (AvgIpc) is 3.47. The number of sulfone groups is 1. The predicted octanol–water partition coefficient (Wildman–Crippen LogP) is -1.50. The summed E-state index contributed by atoms with van der Waals surface area (Å²) in [6.45, 7) is -0.186. The molecule has 1 amide bonds. The minimum atomic E-state index is -5.60. The number of aromatic nitrogens is 2. The molecule has 5 rings (SSSR count). The van der Waals surface area contributed by atoms with Crippen LogP contribution in [0, 0.1) is 5.82 Å². The zero-order chi connectivity index (χ0) is 35.2. The number of carbonyl (C=O) groups excluding carboxylic acids is 1. The smallest absolute Gasteiger partial charge is 0.790 e. The third-order valence-electron chi connectivity index (χ3n) is 6.65. The van der Waals surface area contributed by atoms with Gasteiger partial charge in [0.05, 0.1) is 30.5 Å². The fraction of sp³-hybridized carbons (Fsp3) is 0.194. The van der Waals surface area contributed by atoms with Gasteiger partial charge >= 0.3 is 65.2 Å². The van der Waals surface area contributed by atoms with Crippen molar-refractivity contribution in [2.45, 2.75) is 19.3 Å². The monoisotopic (exact) mass is 778 g/mol. The van der Waals surface area contributed by atoms with Crippen LogP contribution in [0.25, 0.3) is 22.2 Å². The summed E-state index contributed by atoms with van der Waals surface area (Å²) in [5.74, 6) is 0.521. The number of phosphoric acid groups is 1. The van der Waals surface area contributed by atoms with Crippen molar-refractivity contribution in [1.29, 1.82) is 0 Å². The summed E-state index contributed by atoms with van der Waals surface area (Å²) in [4.78, 5) is 43.3. The van der Waals surface area contributed by atoms with Gasteiger partial charge in [0.1, 0.15) is 51.7 Å². The molecule has 0 bridgehead atoms. The van der Waals surface area contributed by atoms with Crippen LogP contribution in [0.5, 0.6) is 5.75 Å². The van der Waals surface area contributed by atoms with E-state index in [1.807, 2.05) is 0 Å². The number of amides is 1. The van der Waals surface area contributed by atoms with Crippen LogP contribution < -0.4 is 84.3 Å². The summed E-state index contributed by atoms with van der Waals surface area (Å²) in [5, 5.41) is 6.27. The van der Waals surface area contributed by atoms with E-state index in [-0.39, 0.29) is 89.6 Å². The molecule has 0 radical (unpaired) electrons. The van der Waals surface area contributed by atoms with Crippen molar-refractivity contribution in [3.8, 4) is 17.1 Å². The minimum absolute atomic E-state index is 0. The van der Waals surface area contributed by atoms with E-state index in [0.29, 0.717) is 50.1 Å². The van der Waals surface area contributed by atoms with E-state index >= 15 is 0 Å². The largest absolute Gasteiger partial charge is 1.00 e. The Morgan fingerprint density at radius 2 is 1.84 bits per heavy atom. The molecule has 1 atom stereocenters. The number of ether oxygens (including phenoxy) is 2. The number of hydrogen-bond acceptors (Lipinski definition) is 13. The third kappa shape index (κ3) is 13.4. The van der Waals surface area contributed by atoms with Crippen molar-refractivity contribution >= 4 is 57.8 Å². The molecule has 51 heavy (non-hydrogen) atoms. The summed E-state index contributed by atoms with van der Waals surface area (Å²) < 4.78 is 68.2. The molecule has 5 aromatic rings. The van der Waals surface area contributed by atoms with Gasteiger partial charge in [-0.25, -0.2) is 27.6 Å². The van der Waals surface area contributed by atoms with Crippen molar-refractivity contribution in [1.82, 2.24) is 15.3 Å². The van der Waals surface area contributed by atoms with Crippen LogP contribution in [0.2, 0.25) is 5.02 Å². The summed E-state index contributed by atoms with van der Waals surface area (Å²) in [6.07, 6.45) is -1.19. The van der Waals surface area contributed by atoms with Crippen LogP contribution in [0.4, 0.5) is 20.7 Å². The summed E-state index contributed by atoms with van der Waals surface area (Å²) in [7, 11) is -8.98. The first-order chi connectivity index (χ1) is 23.2. The van der Waals surface area contributed by atoms with Gasteiger partial charge in [0.2, 0.25) is 6.29 Å². The molecule has 2 aromatic heterocycles. The Bertz CT molecular complexity index is 2140. The van der Waals surface area contributed by atoms with Crippen molar-refractivity contribution in [3.63, 3.8) is 0 Å². The Morgan fingerprint density at radius 3 is 2.55 bits per heavy atom. The minimum Gasteiger partial charge on any atom is -0.790 e. The molecular weight excluding hydrogens is 752 g/mol. The molecule has 0 aliphatic carbocycles. The summed E-state index contributed by atoms with van der Waals surface area (Å²) >= 11 is 6.46. The molecule has 0 spiro atoms. The first-order valence-electron chi connectivity index (χ1n) is 14.3. The number of furan rings is 1. The maximum Gasteiger partial charge on any atom is 1.00 e. The Kier molecular flexibility index (Phi) is 15.9. The maximum absolute atomic E-state index is 13.5. The van der Waals surface area contributed by atoms with Crippen molar-refractivity contribution in [2.24, 2.45) is 0 Å². The van der Waals surface area contributed by atoms with Crippen LogP contribution in [0.3, 0.4) is 0 Å². The fourth-order valence-electron chi connectivity index (χ4n) is 4.48. The molecule has 2 N–H and O–H groups in total. The summed E-state index contributed by atoms with van der Waals surface area (Å²) in [5.41, 5.74) is 2.41. The van der Waals surface area contributed by atoms with E-state index in [9.17, 15) is 32.0 Å². The number of nitrogens with zero attached hydrogens (tertiary/aromatic N) is 2. The Balaban J connectivity index is 0.00000351. The number of alkyl carbamates (subject to hydrolysis) is 1. The molecule has 3 aromatic carbocycles. The number of fused-ring (bicyclic) bond motifs is 1. The van der Waals surface area contributed by atoms with Gasteiger partial charge in [0, 0.05) is 29.4 Å². The topological polar surface area (TPSA) is 205 Å². The van der Waals surface area contributed by atoms with E-state index in [2.05, 4.69) is 25.1 Å². The molecule has 0 aliphatic heterocycles. The standard InChI is InChI=1S/C31H29ClFN4O10PS.2Na/c1-49(42,43)12-11-34-31(38)46-29(47-48(39,40)41)16-23-7-10-27(45-23)20-5-8-26-24(14-20)30(36-18-35-26)37-22-6-9-28(25(32)15-22)44-17-19-3-2-4-21(33)13-19;;/h2-10,13-15,18,29H,11-12,16-17H2,1H3,(H,34,38)(H,35,36,37)(H2,39,40,41);;/q;2*+1/p-2. The van der Waals surface area contributed by atoms with Gasteiger partial charge in [-0.3, -0.25) is 0 Å². The first kappa shape index (κ1) is 42.8. The average molecular weight is 779 g/mol. The summed E-state index contributed by atoms with van der Waals surface area (Å²) in [6, 6.07) is 19.4. The van der Waals surface area contributed by atoms with E-state index in [1.54, 1.807) is 54.6 Å². The number of carbonyl (C=O) groups is 1. The van der Waals surface area contributed by atoms with Gasteiger partial charge in [0.25, 0.3) is 0 Å². The van der Waals surface area contributed by atoms with Crippen molar-refractivity contribution in [2.75, 3.05) is 23.9 Å². The fourth-order valence-corrected chi connectivity index (χ4v) is 5.59. The van der Waals surface area contributed by atoms with Gasteiger partial charge in [-0.05, 0) is 66.2 Å². The van der Waals surface area contributed by atoms with Crippen molar-refractivity contribution in [3.05, 3.63) is 101 Å².